The summed E-state index contributed by atoms with van der Waals surface area (Å²) in [5.74, 6) is -0.146. The number of carbonyl (C=O) groups is 1. The Labute approximate surface area is 138 Å². The lowest BCUT2D eigenvalue weighted by Gasteiger charge is -2.20. The quantitative estimate of drug-likeness (QED) is 0.929. The van der Waals surface area contributed by atoms with E-state index < -0.39 is 5.97 Å². The summed E-state index contributed by atoms with van der Waals surface area (Å²) in [6.07, 6.45) is 2.78. The highest BCUT2D eigenvalue weighted by Gasteiger charge is 2.49. The van der Waals surface area contributed by atoms with E-state index in [2.05, 4.69) is 10.1 Å². The minimum atomic E-state index is -0.679. The van der Waals surface area contributed by atoms with Gasteiger partial charge in [-0.1, -0.05) is 28.9 Å². The Kier molecular flexibility index (Phi) is 3.62. The number of aromatic nitrogens is 1. The lowest BCUT2D eigenvalue weighted by atomic mass is 9.89. The molecule has 0 saturated carbocycles. The molecule has 1 N–H and O–H groups in total. The van der Waals surface area contributed by atoms with Gasteiger partial charge in [0.15, 0.2) is 5.76 Å². The van der Waals surface area contributed by atoms with Gasteiger partial charge in [0.1, 0.15) is 5.69 Å². The molecule has 0 aliphatic carbocycles. The third kappa shape index (κ3) is 2.64. The summed E-state index contributed by atoms with van der Waals surface area (Å²) in [6.45, 7) is 0.625. The fourth-order valence-corrected chi connectivity index (χ4v) is 4.06. The van der Waals surface area contributed by atoms with Crippen LogP contribution in [0.4, 0.5) is 0 Å². The summed E-state index contributed by atoms with van der Waals surface area (Å²) in [7, 11) is 0. The van der Waals surface area contributed by atoms with Gasteiger partial charge >= 0.3 is 5.97 Å². The topological polar surface area (TPSA) is 66.6 Å². The average molecular weight is 333 g/mol. The lowest BCUT2D eigenvalue weighted by molar-refractivity contribution is -0.142. The fourth-order valence-electron chi connectivity index (χ4n) is 3.94. The van der Waals surface area contributed by atoms with Crippen LogP contribution in [0.2, 0.25) is 5.02 Å². The van der Waals surface area contributed by atoms with E-state index in [0.717, 1.165) is 36.3 Å². The molecular formula is C17H17ClN2O3. The zero-order valence-corrected chi connectivity index (χ0v) is 13.2. The van der Waals surface area contributed by atoms with Crippen LogP contribution in [0.1, 0.15) is 25.0 Å². The molecule has 1 aromatic heterocycles. The van der Waals surface area contributed by atoms with E-state index in [4.69, 9.17) is 16.1 Å². The van der Waals surface area contributed by atoms with Gasteiger partial charge in [0.05, 0.1) is 12.5 Å². The minimum Gasteiger partial charge on any atom is -0.481 e. The number of hydrogen-bond donors (Lipinski definition) is 1. The molecule has 4 rings (SSSR count). The van der Waals surface area contributed by atoms with Gasteiger partial charge < -0.3 is 9.63 Å². The van der Waals surface area contributed by atoms with Crippen molar-refractivity contribution in [3.63, 3.8) is 0 Å². The molecule has 2 aliphatic heterocycles. The number of aliphatic carboxylic acids is 1. The average Bonchev–Trinajstić information content (AvgIpc) is 3.24. The third-order valence-corrected chi connectivity index (χ3v) is 5.29. The molecule has 2 saturated heterocycles. The number of nitrogens with zero attached hydrogens (tertiary/aromatic N) is 2. The molecule has 1 aromatic carbocycles. The minimum absolute atomic E-state index is 0.126. The normalized spacial score (nSPS) is 26.7. The summed E-state index contributed by atoms with van der Waals surface area (Å²) in [5.41, 5.74) is 1.73. The molecule has 23 heavy (non-hydrogen) atoms. The second-order valence-corrected chi connectivity index (χ2v) is 6.77. The van der Waals surface area contributed by atoms with Crippen LogP contribution in [0, 0.1) is 5.92 Å². The van der Waals surface area contributed by atoms with E-state index in [1.54, 1.807) is 0 Å². The Morgan fingerprint density at radius 3 is 2.83 bits per heavy atom. The van der Waals surface area contributed by atoms with Crippen LogP contribution in [0.3, 0.4) is 0 Å². The number of benzene rings is 1. The maximum Gasteiger partial charge on any atom is 0.308 e. The monoisotopic (exact) mass is 332 g/mol. The molecule has 0 spiro atoms. The van der Waals surface area contributed by atoms with Crippen LogP contribution in [0.25, 0.3) is 11.3 Å². The molecule has 3 heterocycles. The Morgan fingerprint density at radius 2 is 2.13 bits per heavy atom. The molecular weight excluding hydrogens is 316 g/mol. The maximum atomic E-state index is 11.3. The zero-order valence-electron chi connectivity index (χ0n) is 12.5. The molecule has 2 aliphatic rings. The number of hydrogen-bond acceptors (Lipinski definition) is 4. The van der Waals surface area contributed by atoms with E-state index >= 15 is 0 Å². The molecule has 3 atom stereocenters. The summed E-state index contributed by atoms with van der Waals surface area (Å²) >= 11 is 5.90. The molecule has 0 radical (unpaired) electrons. The predicted octanol–water partition coefficient (Wildman–Crippen LogP) is 3.43. The van der Waals surface area contributed by atoms with Crippen molar-refractivity contribution in [1.29, 1.82) is 0 Å². The van der Waals surface area contributed by atoms with Gasteiger partial charge in [-0.3, -0.25) is 9.69 Å². The van der Waals surface area contributed by atoms with Crippen LogP contribution < -0.4 is 0 Å². The summed E-state index contributed by atoms with van der Waals surface area (Å²) in [6, 6.07) is 9.86. The van der Waals surface area contributed by atoms with Crippen molar-refractivity contribution in [3.05, 3.63) is 41.1 Å². The Balaban J connectivity index is 1.50. The van der Waals surface area contributed by atoms with E-state index in [9.17, 15) is 9.90 Å². The summed E-state index contributed by atoms with van der Waals surface area (Å²) in [5, 5.41) is 14.1. The van der Waals surface area contributed by atoms with Gasteiger partial charge in [-0.05, 0) is 31.4 Å². The Morgan fingerprint density at radius 1 is 1.35 bits per heavy atom. The summed E-state index contributed by atoms with van der Waals surface area (Å²) < 4.78 is 5.46. The van der Waals surface area contributed by atoms with Crippen molar-refractivity contribution < 1.29 is 14.4 Å². The van der Waals surface area contributed by atoms with Crippen LogP contribution in [-0.2, 0) is 11.3 Å². The van der Waals surface area contributed by atoms with Gasteiger partial charge in [0.25, 0.3) is 0 Å². The molecule has 2 aromatic rings. The zero-order chi connectivity index (χ0) is 16.0. The lowest BCUT2D eigenvalue weighted by Crippen LogP contribution is -2.32. The molecule has 3 unspecified atom stereocenters. The summed E-state index contributed by atoms with van der Waals surface area (Å²) in [4.78, 5) is 13.6. The van der Waals surface area contributed by atoms with Crippen LogP contribution in [0.15, 0.2) is 34.9 Å². The first-order valence-corrected chi connectivity index (χ1v) is 8.19. The maximum absolute atomic E-state index is 11.3. The van der Waals surface area contributed by atoms with Gasteiger partial charge in [0.2, 0.25) is 0 Å². The van der Waals surface area contributed by atoms with Crippen LogP contribution >= 0.6 is 11.6 Å². The molecule has 120 valence electrons. The highest BCUT2D eigenvalue weighted by molar-refractivity contribution is 6.30. The second-order valence-electron chi connectivity index (χ2n) is 6.34. The van der Waals surface area contributed by atoms with Gasteiger partial charge in [0, 0.05) is 28.7 Å². The Hall–Kier alpha value is -1.85. The van der Waals surface area contributed by atoms with E-state index in [-0.39, 0.29) is 12.0 Å². The van der Waals surface area contributed by atoms with Crippen molar-refractivity contribution in [2.75, 3.05) is 0 Å². The fraction of sp³-hybridized carbons (Fsp3) is 0.412. The molecule has 2 bridgehead atoms. The number of fused-ring (bicyclic) bond motifs is 2. The largest absolute Gasteiger partial charge is 0.481 e. The van der Waals surface area contributed by atoms with Gasteiger partial charge in [-0.15, -0.1) is 0 Å². The van der Waals surface area contributed by atoms with Gasteiger partial charge in [-0.2, -0.15) is 0 Å². The standard InChI is InChI=1S/C17H17ClN2O3/c18-11-3-1-10(2-4-11)15-8-13(23-19-15)9-20-12-5-6-16(20)14(7-12)17(21)22/h1-4,8,12,14,16H,5-7,9H2,(H,21,22). The van der Waals surface area contributed by atoms with Crippen LogP contribution in [0.5, 0.6) is 0 Å². The number of carboxylic acids is 1. The molecule has 6 heteroatoms. The van der Waals surface area contributed by atoms with E-state index in [0.29, 0.717) is 17.6 Å². The number of carboxylic acid groups (broad SMARTS) is 1. The molecule has 2 fully saturated rings. The van der Waals surface area contributed by atoms with Crippen molar-refractivity contribution in [2.24, 2.45) is 5.92 Å². The van der Waals surface area contributed by atoms with Crippen molar-refractivity contribution in [3.8, 4) is 11.3 Å². The first kappa shape index (κ1) is 14.7. The highest BCUT2D eigenvalue weighted by Crippen LogP contribution is 2.42. The SMILES string of the molecule is O=C(O)C1CC2CCC1N2Cc1cc(-c2ccc(Cl)cc2)no1. The van der Waals surface area contributed by atoms with Gasteiger partial charge in [-0.25, -0.2) is 0 Å². The van der Waals surface area contributed by atoms with E-state index in [1.807, 2.05) is 30.3 Å². The van der Waals surface area contributed by atoms with Crippen molar-refractivity contribution >= 4 is 17.6 Å². The molecule has 0 amide bonds. The number of halogens is 1. The predicted molar refractivity (Wildman–Crippen MR) is 85.0 cm³/mol. The van der Waals surface area contributed by atoms with Crippen LogP contribution in [-0.4, -0.2) is 33.2 Å². The van der Waals surface area contributed by atoms with Crippen molar-refractivity contribution in [2.45, 2.75) is 37.9 Å². The smallest absolute Gasteiger partial charge is 0.308 e. The number of rotatable bonds is 4. The third-order valence-electron chi connectivity index (χ3n) is 5.04. The first-order valence-electron chi connectivity index (χ1n) is 7.82. The second kappa shape index (κ2) is 5.65. The van der Waals surface area contributed by atoms with Crippen molar-refractivity contribution in [1.82, 2.24) is 10.1 Å². The first-order chi connectivity index (χ1) is 11.1. The highest BCUT2D eigenvalue weighted by atomic mass is 35.5. The molecule has 5 nitrogen and oxygen atoms in total. The van der Waals surface area contributed by atoms with E-state index in [1.165, 1.54) is 0 Å². The Bertz CT molecular complexity index is 728.